The number of fused-ring (bicyclic) bond motifs is 2. The number of aromatic nitrogens is 1. The summed E-state index contributed by atoms with van der Waals surface area (Å²) in [6, 6.07) is 19.7. The van der Waals surface area contributed by atoms with Crippen LogP contribution in [-0.2, 0) is 7.05 Å². The van der Waals surface area contributed by atoms with Crippen LogP contribution >= 0.6 is 11.8 Å². The van der Waals surface area contributed by atoms with Gasteiger partial charge in [-0.2, -0.15) is 4.57 Å². The van der Waals surface area contributed by atoms with Crippen LogP contribution in [-0.4, -0.2) is 6.54 Å². The van der Waals surface area contributed by atoms with Crippen LogP contribution in [0.5, 0.6) is 0 Å². The second kappa shape index (κ2) is 7.38. The molecule has 0 saturated carbocycles. The zero-order valence-corrected chi connectivity index (χ0v) is 17.6. The molecular weight excluding hydrogens is 439 g/mol. The van der Waals surface area contributed by atoms with Crippen LogP contribution in [0, 0.1) is 6.92 Å². The molecule has 2 nitrogen and oxygen atoms in total. The molecular formula is C21H21IN2S. The van der Waals surface area contributed by atoms with Crippen LogP contribution in [0.1, 0.15) is 18.2 Å². The van der Waals surface area contributed by atoms with E-state index in [4.69, 9.17) is 0 Å². The van der Waals surface area contributed by atoms with E-state index >= 15 is 0 Å². The van der Waals surface area contributed by atoms with Gasteiger partial charge in [0.05, 0.1) is 10.7 Å². The first kappa shape index (κ1) is 18.3. The molecule has 2 heterocycles. The molecule has 4 rings (SSSR count). The summed E-state index contributed by atoms with van der Waals surface area (Å²) in [5.41, 5.74) is 5.10. The average molecular weight is 460 g/mol. The predicted molar refractivity (Wildman–Crippen MR) is 103 cm³/mol. The van der Waals surface area contributed by atoms with Crippen molar-refractivity contribution in [2.45, 2.75) is 18.7 Å². The number of nitrogens with zero attached hydrogens (tertiary/aromatic N) is 2. The topological polar surface area (TPSA) is 7.12 Å². The Morgan fingerprint density at radius 2 is 1.84 bits per heavy atom. The molecule has 3 aromatic rings. The molecule has 2 aromatic carbocycles. The molecule has 0 radical (unpaired) electrons. The van der Waals surface area contributed by atoms with Gasteiger partial charge in [0, 0.05) is 35.0 Å². The molecule has 0 unspecified atom stereocenters. The summed E-state index contributed by atoms with van der Waals surface area (Å²) in [7, 11) is 2.15. The van der Waals surface area contributed by atoms with Gasteiger partial charge in [-0.3, -0.25) is 0 Å². The van der Waals surface area contributed by atoms with Gasteiger partial charge >= 0.3 is 0 Å². The van der Waals surface area contributed by atoms with E-state index in [9.17, 15) is 0 Å². The van der Waals surface area contributed by atoms with Crippen LogP contribution < -0.4 is 33.4 Å². The molecule has 0 bridgehead atoms. The predicted octanol–water partition coefficient (Wildman–Crippen LogP) is 1.91. The molecule has 1 aliphatic rings. The van der Waals surface area contributed by atoms with E-state index in [0.717, 1.165) is 6.54 Å². The van der Waals surface area contributed by atoms with E-state index in [0.29, 0.717) is 0 Å². The number of halogens is 1. The van der Waals surface area contributed by atoms with Crippen molar-refractivity contribution in [2.75, 3.05) is 11.4 Å². The van der Waals surface area contributed by atoms with Crippen molar-refractivity contribution in [3.8, 4) is 0 Å². The summed E-state index contributed by atoms with van der Waals surface area (Å²) in [6.07, 6.45) is 2.30. The second-order valence-corrected chi connectivity index (χ2v) is 7.24. The molecule has 1 aliphatic heterocycles. The number of hydrogen-bond donors (Lipinski definition) is 0. The third-order valence-electron chi connectivity index (χ3n) is 4.59. The standard InChI is InChI=1S/C21H21N2S.HI/c1-4-23-18-7-5-6-8-20(18)24-21(23)14-17-12-11-16-10-9-15(2)13-19(16)22(17)3;/h5-14H,4H2,1-3H3;1H/q+1;/p-1. The van der Waals surface area contributed by atoms with Crippen LogP contribution in [0.3, 0.4) is 0 Å². The third kappa shape index (κ3) is 3.29. The molecule has 4 heteroatoms. The van der Waals surface area contributed by atoms with Gasteiger partial charge in [0.15, 0.2) is 0 Å². The van der Waals surface area contributed by atoms with Gasteiger partial charge in [-0.15, -0.1) is 0 Å². The SMILES string of the molecule is CCN1C(=Cc2ccc3ccc(C)cc3[n+]2C)Sc2ccccc21.[I-]. The smallest absolute Gasteiger partial charge is 0.212 e. The van der Waals surface area contributed by atoms with Crippen molar-refractivity contribution in [1.29, 1.82) is 0 Å². The summed E-state index contributed by atoms with van der Waals surface area (Å²) in [5.74, 6) is 0. The average Bonchev–Trinajstić information content (AvgIpc) is 2.95. The van der Waals surface area contributed by atoms with E-state index in [1.54, 1.807) is 0 Å². The number of para-hydroxylation sites is 1. The fourth-order valence-electron chi connectivity index (χ4n) is 3.27. The molecule has 1 aromatic heterocycles. The normalized spacial score (nSPS) is 14.7. The van der Waals surface area contributed by atoms with Crippen LogP contribution in [0.25, 0.3) is 17.0 Å². The lowest BCUT2D eigenvalue weighted by Gasteiger charge is -2.17. The molecule has 0 fully saturated rings. The van der Waals surface area contributed by atoms with E-state index in [1.165, 1.54) is 37.8 Å². The molecule has 0 aliphatic carbocycles. The molecule has 128 valence electrons. The van der Waals surface area contributed by atoms with Gasteiger partial charge < -0.3 is 28.9 Å². The maximum absolute atomic E-state index is 2.39. The summed E-state index contributed by atoms with van der Waals surface area (Å²) >= 11 is 1.85. The first-order valence-corrected chi connectivity index (χ1v) is 9.14. The van der Waals surface area contributed by atoms with Crippen molar-refractivity contribution in [3.63, 3.8) is 0 Å². The number of thioether (sulfide) groups is 1. The van der Waals surface area contributed by atoms with E-state index in [1.807, 2.05) is 11.8 Å². The second-order valence-electron chi connectivity index (χ2n) is 6.18. The van der Waals surface area contributed by atoms with Crippen molar-refractivity contribution in [2.24, 2.45) is 7.05 Å². The zero-order chi connectivity index (χ0) is 16.7. The first-order chi connectivity index (χ1) is 11.7. The quantitative estimate of drug-likeness (QED) is 0.426. The largest absolute Gasteiger partial charge is 1.00 e. The minimum atomic E-state index is 0. The summed E-state index contributed by atoms with van der Waals surface area (Å²) in [4.78, 5) is 3.73. The van der Waals surface area contributed by atoms with Gasteiger partial charge in [-0.05, 0) is 43.7 Å². The Labute approximate surface area is 170 Å². The highest BCUT2D eigenvalue weighted by atomic mass is 127. The van der Waals surface area contributed by atoms with Gasteiger partial charge in [-0.25, -0.2) is 0 Å². The molecule has 0 N–H and O–H groups in total. The van der Waals surface area contributed by atoms with Crippen molar-refractivity contribution in [1.82, 2.24) is 0 Å². The van der Waals surface area contributed by atoms with E-state index in [-0.39, 0.29) is 24.0 Å². The maximum Gasteiger partial charge on any atom is 0.212 e. The monoisotopic (exact) mass is 460 g/mol. The van der Waals surface area contributed by atoms with Gasteiger partial charge in [-0.1, -0.05) is 30.0 Å². The van der Waals surface area contributed by atoms with Crippen LogP contribution in [0.2, 0.25) is 0 Å². The first-order valence-electron chi connectivity index (χ1n) is 8.33. The summed E-state index contributed by atoms with van der Waals surface area (Å²) < 4.78 is 2.28. The Kier molecular flexibility index (Phi) is 5.39. The van der Waals surface area contributed by atoms with Gasteiger partial charge in [0.1, 0.15) is 7.05 Å². The fraction of sp³-hybridized carbons (Fsp3) is 0.190. The third-order valence-corrected chi connectivity index (χ3v) is 5.70. The Bertz CT molecular complexity index is 965. The summed E-state index contributed by atoms with van der Waals surface area (Å²) in [5, 5.41) is 2.57. The molecule has 0 saturated heterocycles. The minimum absolute atomic E-state index is 0. The lowest BCUT2D eigenvalue weighted by molar-refractivity contribution is -0.646. The molecule has 0 atom stereocenters. The zero-order valence-electron chi connectivity index (χ0n) is 14.7. The highest BCUT2D eigenvalue weighted by Crippen LogP contribution is 2.46. The highest BCUT2D eigenvalue weighted by Gasteiger charge is 2.24. The van der Waals surface area contributed by atoms with E-state index in [2.05, 4.69) is 91.0 Å². The molecule has 0 amide bonds. The number of benzene rings is 2. The lowest BCUT2D eigenvalue weighted by Crippen LogP contribution is -3.00. The highest BCUT2D eigenvalue weighted by molar-refractivity contribution is 8.03. The maximum atomic E-state index is 2.39. The lowest BCUT2D eigenvalue weighted by atomic mass is 10.1. The van der Waals surface area contributed by atoms with Crippen molar-refractivity contribution < 1.29 is 28.5 Å². The molecule has 25 heavy (non-hydrogen) atoms. The van der Waals surface area contributed by atoms with Crippen LogP contribution in [0.4, 0.5) is 5.69 Å². The molecule has 0 spiro atoms. The Balaban J connectivity index is 0.00000182. The fourth-order valence-corrected chi connectivity index (χ4v) is 4.44. The number of anilines is 1. The van der Waals surface area contributed by atoms with E-state index < -0.39 is 0 Å². The minimum Gasteiger partial charge on any atom is -1.00 e. The van der Waals surface area contributed by atoms with Gasteiger partial charge in [0.2, 0.25) is 11.2 Å². The number of pyridine rings is 1. The van der Waals surface area contributed by atoms with Crippen molar-refractivity contribution in [3.05, 3.63) is 70.9 Å². The summed E-state index contributed by atoms with van der Waals surface area (Å²) in [6.45, 7) is 5.33. The number of rotatable bonds is 2. The number of hydrogen-bond acceptors (Lipinski definition) is 2. The Morgan fingerprint density at radius 3 is 2.64 bits per heavy atom. The van der Waals surface area contributed by atoms with Crippen molar-refractivity contribution >= 4 is 34.4 Å². The Morgan fingerprint density at radius 1 is 1.08 bits per heavy atom. The van der Waals surface area contributed by atoms with Gasteiger partial charge in [0.25, 0.3) is 0 Å². The Hall–Kier alpha value is -1.53. The number of aryl methyl sites for hydroxylation is 2. The van der Waals surface area contributed by atoms with Crippen LogP contribution in [0.15, 0.2) is 64.5 Å².